The van der Waals surface area contributed by atoms with Crippen LogP contribution in [0.4, 0.5) is 0 Å². The zero-order valence-electron chi connectivity index (χ0n) is 20.1. The number of rotatable bonds is 16. The Labute approximate surface area is 213 Å². The van der Waals surface area contributed by atoms with Crippen LogP contribution in [-0.4, -0.2) is 83.1 Å². The average Bonchev–Trinajstić information content (AvgIpc) is 2.83. The molecule has 0 saturated carbocycles. The molecule has 0 radical (unpaired) electrons. The van der Waals surface area contributed by atoms with E-state index in [1.54, 1.807) is 30.3 Å². The molecule has 0 heterocycles. The van der Waals surface area contributed by atoms with E-state index in [1.165, 1.54) is 0 Å². The van der Waals surface area contributed by atoms with Crippen LogP contribution in [0.3, 0.4) is 0 Å². The van der Waals surface area contributed by atoms with Gasteiger partial charge in [-0.05, 0) is 24.8 Å². The van der Waals surface area contributed by atoms with E-state index in [1.807, 2.05) is 0 Å². The number of benzene rings is 1. The summed E-state index contributed by atoms with van der Waals surface area (Å²) in [6.07, 6.45) is -0.281. The van der Waals surface area contributed by atoms with E-state index in [4.69, 9.17) is 28.0 Å². The number of nitrogens with one attached hydrogen (secondary N) is 3. The predicted octanol–water partition coefficient (Wildman–Crippen LogP) is -3.98. The van der Waals surface area contributed by atoms with Crippen molar-refractivity contribution in [2.24, 2.45) is 27.9 Å². The molecule has 15 heteroatoms. The number of aliphatic hydroxyl groups is 1. The number of aliphatic carboxylic acids is 1. The molecule has 0 aliphatic carbocycles. The lowest BCUT2D eigenvalue weighted by Gasteiger charge is -2.24. The average molecular weight is 523 g/mol. The number of nitrogens with zero attached hydrogens (tertiary/aromatic N) is 1. The van der Waals surface area contributed by atoms with E-state index in [9.17, 15) is 29.1 Å². The summed E-state index contributed by atoms with van der Waals surface area (Å²) >= 11 is 0. The fraction of sp³-hybridized carbons (Fsp3) is 0.455. The van der Waals surface area contributed by atoms with Gasteiger partial charge in [0.15, 0.2) is 5.96 Å². The van der Waals surface area contributed by atoms with Gasteiger partial charge in [0.1, 0.15) is 18.1 Å². The number of hydrogen-bond acceptors (Lipinski definition) is 8. The summed E-state index contributed by atoms with van der Waals surface area (Å²) in [5.41, 5.74) is 22.5. The number of amides is 4. The lowest BCUT2D eigenvalue weighted by atomic mass is 10.0. The van der Waals surface area contributed by atoms with Gasteiger partial charge in [0.2, 0.25) is 23.6 Å². The van der Waals surface area contributed by atoms with Crippen LogP contribution >= 0.6 is 0 Å². The summed E-state index contributed by atoms with van der Waals surface area (Å²) in [4.78, 5) is 64.7. The molecule has 0 fully saturated rings. The minimum Gasteiger partial charge on any atom is -0.480 e. The topological polar surface area (TPSA) is 278 Å². The van der Waals surface area contributed by atoms with Gasteiger partial charge in [-0.3, -0.25) is 24.2 Å². The van der Waals surface area contributed by atoms with E-state index in [0.29, 0.717) is 0 Å². The Morgan fingerprint density at radius 2 is 1.43 bits per heavy atom. The van der Waals surface area contributed by atoms with Gasteiger partial charge in [0.05, 0.1) is 19.1 Å². The molecule has 4 amide bonds. The number of carboxylic acid groups (broad SMARTS) is 1. The Morgan fingerprint density at radius 1 is 0.865 bits per heavy atom. The second-order valence-corrected chi connectivity index (χ2v) is 8.12. The standard InChI is InChI=1S/C22H34N8O7/c23-13(9-12-5-2-1-3-6-12)18(33)29-15(10-17(24)32)20(35)28-14(7-4-8-27-22(25)26)19(34)30-16(11-31)21(36)37/h1-3,5-6,13-16,31H,4,7-11,23H2,(H2,24,32)(H,28,35)(H,29,33)(H,30,34)(H,36,37)(H4,25,26,27). The number of carbonyl (C=O) groups excluding carboxylic acids is 4. The van der Waals surface area contributed by atoms with Gasteiger partial charge in [0.25, 0.3) is 0 Å². The SMILES string of the molecule is NC(=O)CC(NC(=O)C(N)Cc1ccccc1)C(=O)NC(CCCN=C(N)N)C(=O)NC(CO)C(=O)O. The summed E-state index contributed by atoms with van der Waals surface area (Å²) in [5, 5.41) is 25.1. The van der Waals surface area contributed by atoms with E-state index < -0.39 is 66.8 Å². The summed E-state index contributed by atoms with van der Waals surface area (Å²) < 4.78 is 0. The maximum Gasteiger partial charge on any atom is 0.328 e. The molecule has 37 heavy (non-hydrogen) atoms. The Kier molecular flexibility index (Phi) is 13.1. The summed E-state index contributed by atoms with van der Waals surface area (Å²) in [6, 6.07) is 3.42. The fourth-order valence-corrected chi connectivity index (χ4v) is 3.15. The van der Waals surface area contributed by atoms with Crippen molar-refractivity contribution >= 4 is 35.6 Å². The molecule has 204 valence electrons. The molecule has 0 aliphatic rings. The van der Waals surface area contributed by atoms with Crippen LogP contribution in [0, 0.1) is 0 Å². The summed E-state index contributed by atoms with van der Waals surface area (Å²) in [7, 11) is 0. The van der Waals surface area contributed by atoms with Crippen molar-refractivity contribution in [2.75, 3.05) is 13.2 Å². The van der Waals surface area contributed by atoms with Crippen molar-refractivity contribution in [3.8, 4) is 0 Å². The number of carbonyl (C=O) groups is 5. The first kappa shape index (κ1) is 30.8. The van der Waals surface area contributed by atoms with Gasteiger partial charge in [-0.15, -0.1) is 0 Å². The van der Waals surface area contributed by atoms with Crippen LogP contribution in [0.2, 0.25) is 0 Å². The van der Waals surface area contributed by atoms with E-state index in [0.717, 1.165) is 5.56 Å². The zero-order valence-corrected chi connectivity index (χ0v) is 20.1. The fourth-order valence-electron chi connectivity index (χ4n) is 3.15. The van der Waals surface area contributed by atoms with Gasteiger partial charge >= 0.3 is 5.97 Å². The molecule has 4 atom stereocenters. The third kappa shape index (κ3) is 11.8. The highest BCUT2D eigenvalue weighted by Crippen LogP contribution is 2.05. The number of guanidine groups is 1. The van der Waals surface area contributed by atoms with Crippen molar-refractivity contribution in [3.05, 3.63) is 35.9 Å². The third-order valence-corrected chi connectivity index (χ3v) is 5.05. The molecule has 0 aromatic heterocycles. The highest BCUT2D eigenvalue weighted by atomic mass is 16.4. The first-order chi connectivity index (χ1) is 17.4. The monoisotopic (exact) mass is 522 g/mol. The van der Waals surface area contributed by atoms with Crippen LogP contribution in [0.1, 0.15) is 24.8 Å². The molecule has 15 nitrogen and oxygen atoms in total. The maximum atomic E-state index is 13.0. The van der Waals surface area contributed by atoms with Crippen molar-refractivity contribution in [1.29, 1.82) is 0 Å². The van der Waals surface area contributed by atoms with Crippen LogP contribution < -0.4 is 38.9 Å². The number of aliphatic hydroxyl groups excluding tert-OH is 1. The largest absolute Gasteiger partial charge is 0.480 e. The quantitative estimate of drug-likeness (QED) is 0.0576. The van der Waals surface area contributed by atoms with Crippen LogP contribution in [-0.2, 0) is 30.4 Å². The summed E-state index contributed by atoms with van der Waals surface area (Å²) in [5.74, 6) is -5.18. The van der Waals surface area contributed by atoms with Gasteiger partial charge in [-0.2, -0.15) is 0 Å². The molecular formula is C22H34N8O7. The van der Waals surface area contributed by atoms with E-state index >= 15 is 0 Å². The van der Waals surface area contributed by atoms with Gasteiger partial charge in [0, 0.05) is 6.54 Å². The van der Waals surface area contributed by atoms with Crippen LogP contribution in [0.15, 0.2) is 35.3 Å². The van der Waals surface area contributed by atoms with Gasteiger partial charge in [-0.25, -0.2) is 4.79 Å². The smallest absolute Gasteiger partial charge is 0.328 e. The van der Waals surface area contributed by atoms with Gasteiger partial charge < -0.3 is 49.1 Å². The molecule has 1 rings (SSSR count). The molecular weight excluding hydrogens is 488 g/mol. The number of primary amides is 1. The molecule has 13 N–H and O–H groups in total. The minimum absolute atomic E-state index is 0.0448. The molecule has 0 bridgehead atoms. The highest BCUT2D eigenvalue weighted by Gasteiger charge is 2.30. The highest BCUT2D eigenvalue weighted by molar-refractivity contribution is 5.96. The molecule has 1 aromatic carbocycles. The van der Waals surface area contributed by atoms with Crippen LogP contribution in [0.5, 0.6) is 0 Å². The van der Waals surface area contributed by atoms with Crippen molar-refractivity contribution < 1.29 is 34.2 Å². The van der Waals surface area contributed by atoms with Gasteiger partial charge in [-0.1, -0.05) is 30.3 Å². The summed E-state index contributed by atoms with van der Waals surface area (Å²) in [6.45, 7) is -0.796. The van der Waals surface area contributed by atoms with Crippen LogP contribution in [0.25, 0.3) is 0 Å². The minimum atomic E-state index is -1.62. The van der Waals surface area contributed by atoms with Crippen molar-refractivity contribution in [2.45, 2.75) is 49.9 Å². The Bertz CT molecular complexity index is 969. The molecule has 0 saturated heterocycles. The second-order valence-electron chi connectivity index (χ2n) is 8.12. The predicted molar refractivity (Wildman–Crippen MR) is 132 cm³/mol. The lowest BCUT2D eigenvalue weighted by Crippen LogP contribution is -2.58. The number of hydrogen-bond donors (Lipinski definition) is 9. The van der Waals surface area contributed by atoms with Crippen molar-refractivity contribution in [1.82, 2.24) is 16.0 Å². The Hall–Kier alpha value is -4.24. The van der Waals surface area contributed by atoms with Crippen molar-refractivity contribution in [3.63, 3.8) is 0 Å². The molecule has 0 aliphatic heterocycles. The van der Waals surface area contributed by atoms with E-state index in [-0.39, 0.29) is 31.8 Å². The first-order valence-corrected chi connectivity index (χ1v) is 11.3. The van der Waals surface area contributed by atoms with E-state index in [2.05, 4.69) is 20.9 Å². The maximum absolute atomic E-state index is 13.0. The Balaban J connectivity index is 2.98. The molecule has 1 aromatic rings. The number of carboxylic acids is 1. The number of aliphatic imine (C=N–C) groups is 1. The molecule has 4 unspecified atom stereocenters. The molecule has 0 spiro atoms. The lowest BCUT2D eigenvalue weighted by molar-refractivity contribution is -0.143. The Morgan fingerprint density at radius 3 is 1.97 bits per heavy atom. The third-order valence-electron chi connectivity index (χ3n) is 5.05. The normalized spacial score (nSPS) is 13.8. The number of nitrogens with two attached hydrogens (primary N) is 4. The second kappa shape index (κ2) is 15.7. The zero-order chi connectivity index (χ0) is 28.0. The first-order valence-electron chi connectivity index (χ1n) is 11.3.